The number of phenols is 2. The Labute approximate surface area is 212 Å². The minimum atomic E-state index is -0.407. The quantitative estimate of drug-likeness (QED) is 0.150. The highest BCUT2D eigenvalue weighted by atomic mass is 35.5. The Kier molecular flexibility index (Phi) is 6.50. The molecule has 0 saturated carbocycles. The van der Waals surface area contributed by atoms with Gasteiger partial charge in [-0.3, -0.25) is 14.2 Å². The third-order valence-electron chi connectivity index (χ3n) is 5.53. The molecule has 8 nitrogen and oxygen atoms in total. The summed E-state index contributed by atoms with van der Waals surface area (Å²) in [5, 5.41) is 24.6. The van der Waals surface area contributed by atoms with Crippen LogP contribution in [0.2, 0.25) is 5.02 Å². The van der Waals surface area contributed by atoms with Gasteiger partial charge in [-0.1, -0.05) is 23.4 Å². The molecule has 1 amide bonds. The van der Waals surface area contributed by atoms with Gasteiger partial charge in [0.1, 0.15) is 16.3 Å². The fourth-order valence-corrected chi connectivity index (χ4v) is 6.15. The van der Waals surface area contributed by atoms with E-state index in [1.165, 1.54) is 33.9 Å². The third kappa shape index (κ3) is 4.77. The van der Waals surface area contributed by atoms with Crippen LogP contribution >= 0.6 is 34.7 Å². The average Bonchev–Trinajstić information content (AvgIpc) is 3.41. The molecule has 11 heteroatoms. The highest BCUT2D eigenvalue weighted by molar-refractivity contribution is 7.99. The van der Waals surface area contributed by atoms with Gasteiger partial charge in [-0.15, -0.1) is 11.3 Å². The Morgan fingerprint density at radius 2 is 2.03 bits per heavy atom. The monoisotopic (exact) mass is 526 g/mol. The van der Waals surface area contributed by atoms with Crippen LogP contribution in [0.4, 0.5) is 0 Å². The fourth-order valence-electron chi connectivity index (χ4n) is 3.92. The van der Waals surface area contributed by atoms with Crippen LogP contribution < -0.4 is 11.0 Å². The van der Waals surface area contributed by atoms with Crippen LogP contribution in [0.3, 0.4) is 0 Å². The van der Waals surface area contributed by atoms with Crippen molar-refractivity contribution >= 4 is 57.0 Å². The number of benzene rings is 2. The Bertz CT molecular complexity index is 1530. The van der Waals surface area contributed by atoms with Crippen molar-refractivity contribution in [3.05, 3.63) is 73.8 Å². The van der Waals surface area contributed by atoms with E-state index in [0.717, 1.165) is 36.6 Å². The van der Waals surface area contributed by atoms with Gasteiger partial charge in [0.05, 0.1) is 23.0 Å². The Morgan fingerprint density at radius 3 is 2.80 bits per heavy atom. The molecule has 0 saturated heterocycles. The number of phenolic OH excluding ortho intramolecular Hbond substituents is 2. The van der Waals surface area contributed by atoms with Crippen LogP contribution in [0.5, 0.6) is 11.5 Å². The van der Waals surface area contributed by atoms with Gasteiger partial charge < -0.3 is 10.2 Å². The predicted molar refractivity (Wildman–Crippen MR) is 138 cm³/mol. The topological polar surface area (TPSA) is 117 Å². The SMILES string of the molecule is O=C(CSc1nc2sc3c(c2c(=O)n1-c1ccc(Cl)cc1)CCC3)N/N=C/c1ccc(O)cc1O. The van der Waals surface area contributed by atoms with Gasteiger partial charge in [0.25, 0.3) is 11.5 Å². The predicted octanol–water partition coefficient (Wildman–Crippen LogP) is 4.24. The van der Waals surface area contributed by atoms with E-state index in [1.807, 2.05) is 0 Å². The molecule has 1 aliphatic carbocycles. The van der Waals surface area contributed by atoms with Crippen LogP contribution in [-0.2, 0) is 17.6 Å². The second kappa shape index (κ2) is 9.73. The normalized spacial score (nSPS) is 12.9. The minimum Gasteiger partial charge on any atom is -0.508 e. The summed E-state index contributed by atoms with van der Waals surface area (Å²) in [6, 6.07) is 11.0. The maximum atomic E-state index is 13.6. The van der Waals surface area contributed by atoms with Gasteiger partial charge in [0.15, 0.2) is 5.16 Å². The van der Waals surface area contributed by atoms with Gasteiger partial charge >= 0.3 is 0 Å². The molecule has 0 atom stereocenters. The summed E-state index contributed by atoms with van der Waals surface area (Å²) in [7, 11) is 0. The number of nitrogens with one attached hydrogen (secondary N) is 1. The van der Waals surface area contributed by atoms with Gasteiger partial charge in [0.2, 0.25) is 0 Å². The van der Waals surface area contributed by atoms with Crippen molar-refractivity contribution in [1.29, 1.82) is 0 Å². The van der Waals surface area contributed by atoms with Crippen molar-refractivity contribution in [2.45, 2.75) is 24.4 Å². The summed E-state index contributed by atoms with van der Waals surface area (Å²) >= 11 is 8.72. The number of aryl methyl sites for hydroxylation is 2. The molecule has 178 valence electrons. The van der Waals surface area contributed by atoms with E-state index in [1.54, 1.807) is 35.6 Å². The second-order valence-corrected chi connectivity index (χ2v) is 10.3. The number of hydrogen-bond acceptors (Lipinski definition) is 8. The first-order chi connectivity index (χ1) is 16.9. The number of amides is 1. The molecular formula is C24H19ClN4O4S2. The molecule has 4 aromatic rings. The lowest BCUT2D eigenvalue weighted by Crippen LogP contribution is -2.24. The molecule has 0 aliphatic heterocycles. The summed E-state index contributed by atoms with van der Waals surface area (Å²) in [4.78, 5) is 32.7. The first kappa shape index (κ1) is 23.4. The van der Waals surface area contributed by atoms with Crippen LogP contribution in [-0.4, -0.2) is 37.6 Å². The zero-order valence-electron chi connectivity index (χ0n) is 18.2. The number of fused-ring (bicyclic) bond motifs is 3. The Hall–Kier alpha value is -3.34. The largest absolute Gasteiger partial charge is 0.508 e. The van der Waals surface area contributed by atoms with Gasteiger partial charge in [-0.25, -0.2) is 10.4 Å². The maximum Gasteiger partial charge on any atom is 0.267 e. The molecule has 5 rings (SSSR count). The van der Waals surface area contributed by atoms with E-state index >= 15 is 0 Å². The summed E-state index contributed by atoms with van der Waals surface area (Å²) in [6.45, 7) is 0. The number of rotatable bonds is 6. The molecule has 2 aromatic heterocycles. The van der Waals surface area contributed by atoms with Crippen LogP contribution in [0.25, 0.3) is 15.9 Å². The number of thioether (sulfide) groups is 1. The highest BCUT2D eigenvalue weighted by Gasteiger charge is 2.24. The van der Waals surface area contributed by atoms with Crippen molar-refractivity contribution in [3.63, 3.8) is 0 Å². The zero-order chi connectivity index (χ0) is 24.5. The van der Waals surface area contributed by atoms with Crippen molar-refractivity contribution in [1.82, 2.24) is 15.0 Å². The van der Waals surface area contributed by atoms with Crippen molar-refractivity contribution in [3.8, 4) is 17.2 Å². The number of hydrogen-bond donors (Lipinski definition) is 3. The number of nitrogens with zero attached hydrogens (tertiary/aromatic N) is 3. The molecule has 2 aromatic carbocycles. The lowest BCUT2D eigenvalue weighted by molar-refractivity contribution is -0.118. The number of thiophene rings is 1. The van der Waals surface area contributed by atoms with Crippen LogP contribution in [0.1, 0.15) is 22.4 Å². The van der Waals surface area contributed by atoms with E-state index in [-0.39, 0.29) is 22.8 Å². The van der Waals surface area contributed by atoms with Gasteiger partial charge in [-0.05, 0) is 61.2 Å². The molecule has 0 spiro atoms. The Balaban J connectivity index is 1.40. The van der Waals surface area contributed by atoms with E-state index < -0.39 is 5.91 Å². The van der Waals surface area contributed by atoms with Crippen LogP contribution in [0.15, 0.2) is 57.5 Å². The number of aromatic hydroxyl groups is 2. The molecule has 1 aliphatic rings. The molecule has 2 heterocycles. The molecule has 0 bridgehead atoms. The van der Waals surface area contributed by atoms with E-state index in [2.05, 4.69) is 10.5 Å². The summed E-state index contributed by atoms with van der Waals surface area (Å²) in [5.74, 6) is -0.678. The van der Waals surface area contributed by atoms with Crippen LogP contribution in [0, 0.1) is 0 Å². The second-order valence-electron chi connectivity index (χ2n) is 7.87. The molecule has 3 N–H and O–H groups in total. The lowest BCUT2D eigenvalue weighted by Gasteiger charge is -2.12. The number of aromatic nitrogens is 2. The summed E-state index contributed by atoms with van der Waals surface area (Å²) in [5.41, 5.74) is 4.30. The minimum absolute atomic E-state index is 0.0322. The van der Waals surface area contributed by atoms with E-state index in [0.29, 0.717) is 31.6 Å². The molecule has 35 heavy (non-hydrogen) atoms. The number of hydrazone groups is 1. The summed E-state index contributed by atoms with van der Waals surface area (Å²) in [6.07, 6.45) is 4.14. The molecule has 0 fully saturated rings. The summed E-state index contributed by atoms with van der Waals surface area (Å²) < 4.78 is 1.53. The first-order valence-corrected chi connectivity index (χ1v) is 12.9. The number of halogens is 1. The van der Waals surface area contributed by atoms with Crippen molar-refractivity contribution in [2.24, 2.45) is 5.10 Å². The average molecular weight is 527 g/mol. The van der Waals surface area contributed by atoms with Crippen molar-refractivity contribution in [2.75, 3.05) is 5.75 Å². The fraction of sp³-hybridized carbons (Fsp3) is 0.167. The van der Waals surface area contributed by atoms with Gasteiger partial charge in [-0.2, -0.15) is 5.10 Å². The number of carbonyl (C=O) groups is 1. The lowest BCUT2D eigenvalue weighted by atomic mass is 10.2. The smallest absolute Gasteiger partial charge is 0.267 e. The van der Waals surface area contributed by atoms with E-state index in [4.69, 9.17) is 16.6 Å². The Morgan fingerprint density at radius 1 is 1.23 bits per heavy atom. The highest BCUT2D eigenvalue weighted by Crippen LogP contribution is 2.36. The van der Waals surface area contributed by atoms with Crippen molar-refractivity contribution < 1.29 is 15.0 Å². The first-order valence-electron chi connectivity index (χ1n) is 10.7. The molecular weight excluding hydrogens is 508 g/mol. The van der Waals surface area contributed by atoms with Gasteiger partial charge in [0, 0.05) is 21.5 Å². The third-order valence-corrected chi connectivity index (χ3v) is 7.91. The van der Waals surface area contributed by atoms with E-state index in [9.17, 15) is 19.8 Å². The standard InChI is InChI=1S/C24H19ClN4O4S2/c25-14-5-7-15(8-6-14)29-23(33)21-17-2-1-3-19(17)35-22(21)27-24(29)34-12-20(32)28-26-11-13-4-9-16(30)10-18(13)31/h4-11,30-31H,1-3,12H2,(H,28,32)/b26-11+. The number of carbonyl (C=O) groups excluding carboxylic acids is 1. The molecule has 0 unspecified atom stereocenters. The zero-order valence-corrected chi connectivity index (χ0v) is 20.6. The molecule has 0 radical (unpaired) electrons. The maximum absolute atomic E-state index is 13.6.